The largest absolute Gasteiger partial charge is 0.394 e. The van der Waals surface area contributed by atoms with Crippen molar-refractivity contribution in [2.45, 2.75) is 30.5 Å². The number of aryl methyl sites for hydroxylation is 1. The van der Waals surface area contributed by atoms with Gasteiger partial charge in [-0.15, -0.1) is 5.10 Å². The molecule has 4 rings (SSSR count). The molecule has 3 N–H and O–H groups in total. The predicted octanol–water partition coefficient (Wildman–Crippen LogP) is 0.491. The van der Waals surface area contributed by atoms with Crippen molar-refractivity contribution >= 4 is 0 Å². The summed E-state index contributed by atoms with van der Waals surface area (Å²) in [5.41, 5.74) is 0.424. The van der Waals surface area contributed by atoms with Gasteiger partial charge in [0.15, 0.2) is 17.5 Å². The zero-order valence-corrected chi connectivity index (χ0v) is 15.6. The molecule has 0 unspecified atom stereocenters. The smallest absolute Gasteiger partial charge is 0.194 e. The van der Waals surface area contributed by atoms with Crippen LogP contribution in [0.25, 0.3) is 11.3 Å². The number of benzene rings is 1. The number of nitrogens with zero attached hydrogens (tertiary/aromatic N) is 5. The molecule has 30 heavy (non-hydrogen) atoms. The summed E-state index contributed by atoms with van der Waals surface area (Å²) >= 11 is 0. The number of aromatic nitrogens is 5. The molecule has 3 aromatic rings. The average Bonchev–Trinajstić information content (AvgIpc) is 3.36. The number of ether oxygens (including phenoxy) is 1. The van der Waals surface area contributed by atoms with Gasteiger partial charge in [0.2, 0.25) is 0 Å². The van der Waals surface area contributed by atoms with Crippen LogP contribution < -0.4 is 0 Å². The molecule has 1 aromatic carbocycles. The quantitative estimate of drug-likeness (QED) is 0.521. The first kappa shape index (κ1) is 20.5. The van der Waals surface area contributed by atoms with Gasteiger partial charge >= 0.3 is 0 Å². The first-order chi connectivity index (χ1) is 14.3. The van der Waals surface area contributed by atoms with Crippen molar-refractivity contribution in [1.29, 1.82) is 0 Å². The Hall–Kier alpha value is -2.80. The number of hydrogen-bond donors (Lipinski definition) is 3. The fraction of sp³-hybridized carbons (Fsp3) is 0.389. The third-order valence-corrected chi connectivity index (χ3v) is 5.14. The van der Waals surface area contributed by atoms with Crippen molar-refractivity contribution in [2.24, 2.45) is 7.05 Å². The summed E-state index contributed by atoms with van der Waals surface area (Å²) in [6.07, 6.45) is -1.93. The Balaban J connectivity index is 1.70. The van der Waals surface area contributed by atoms with Crippen LogP contribution in [0.5, 0.6) is 0 Å². The van der Waals surface area contributed by atoms with Crippen LogP contribution in [0, 0.1) is 17.5 Å². The van der Waals surface area contributed by atoms with E-state index in [1.807, 2.05) is 0 Å². The average molecular weight is 425 g/mol. The number of rotatable bonds is 4. The third-order valence-electron chi connectivity index (χ3n) is 5.14. The first-order valence-corrected chi connectivity index (χ1v) is 8.99. The highest BCUT2D eigenvalue weighted by Gasteiger charge is 2.47. The fourth-order valence-electron chi connectivity index (χ4n) is 3.58. The van der Waals surface area contributed by atoms with Crippen molar-refractivity contribution in [2.75, 3.05) is 6.61 Å². The van der Waals surface area contributed by atoms with E-state index in [1.165, 1.54) is 17.1 Å². The van der Waals surface area contributed by atoms with E-state index >= 15 is 0 Å². The molecule has 1 aliphatic heterocycles. The highest BCUT2D eigenvalue weighted by molar-refractivity contribution is 5.57. The molecule has 0 saturated carbocycles. The van der Waals surface area contributed by atoms with Crippen LogP contribution in [0.4, 0.5) is 13.2 Å². The molecule has 1 saturated heterocycles. The molecule has 0 spiro atoms. The summed E-state index contributed by atoms with van der Waals surface area (Å²) in [6.45, 7) is -0.533. The van der Waals surface area contributed by atoms with Gasteiger partial charge in [-0.3, -0.25) is 4.68 Å². The summed E-state index contributed by atoms with van der Waals surface area (Å²) < 4.78 is 48.6. The molecule has 160 valence electrons. The Morgan fingerprint density at radius 2 is 1.83 bits per heavy atom. The van der Waals surface area contributed by atoms with Crippen LogP contribution >= 0.6 is 0 Å². The Kier molecular flexibility index (Phi) is 5.32. The van der Waals surface area contributed by atoms with Gasteiger partial charge in [0.1, 0.15) is 36.2 Å². The van der Waals surface area contributed by atoms with Crippen LogP contribution in [0.3, 0.4) is 0 Å². The van der Waals surface area contributed by atoms with Crippen molar-refractivity contribution in [3.05, 3.63) is 53.7 Å². The molecular formula is C18H18F3N5O4. The molecule has 0 aliphatic carbocycles. The van der Waals surface area contributed by atoms with Crippen molar-refractivity contribution in [3.8, 4) is 11.3 Å². The van der Waals surface area contributed by atoms with E-state index in [9.17, 15) is 28.5 Å². The highest BCUT2D eigenvalue weighted by Crippen LogP contribution is 2.38. The van der Waals surface area contributed by atoms with Gasteiger partial charge in [0.05, 0.1) is 18.5 Å². The maximum atomic E-state index is 13.6. The van der Waals surface area contributed by atoms with Gasteiger partial charge < -0.3 is 20.1 Å². The summed E-state index contributed by atoms with van der Waals surface area (Å²) in [4.78, 5) is 0. The summed E-state index contributed by atoms with van der Waals surface area (Å²) in [5, 5.41) is 42.8. The van der Waals surface area contributed by atoms with Crippen LogP contribution in [0.1, 0.15) is 17.8 Å². The normalized spacial score (nSPS) is 26.8. The Morgan fingerprint density at radius 3 is 2.43 bits per heavy atom. The Bertz CT molecular complexity index is 1040. The molecule has 3 heterocycles. The second kappa shape index (κ2) is 7.80. The van der Waals surface area contributed by atoms with Crippen LogP contribution in [-0.4, -0.2) is 65.0 Å². The maximum absolute atomic E-state index is 13.6. The minimum absolute atomic E-state index is 0.00340. The van der Waals surface area contributed by atoms with Gasteiger partial charge in [0.25, 0.3) is 0 Å². The monoisotopic (exact) mass is 425 g/mol. The third kappa shape index (κ3) is 3.37. The SMILES string of the molecule is Cn1nccc1[C@@H]1O[C@H](CO)[C@H](O)[C@H](n2cc(-c3cc(F)c(F)c(F)c3)nn2)[C@H]1O. The predicted molar refractivity (Wildman–Crippen MR) is 94.3 cm³/mol. The minimum atomic E-state index is -1.61. The van der Waals surface area contributed by atoms with E-state index in [-0.39, 0.29) is 11.3 Å². The lowest BCUT2D eigenvalue weighted by atomic mass is 9.91. The minimum Gasteiger partial charge on any atom is -0.394 e. The topological polar surface area (TPSA) is 118 Å². The maximum Gasteiger partial charge on any atom is 0.194 e. The van der Waals surface area contributed by atoms with E-state index in [0.29, 0.717) is 5.69 Å². The Labute approximate surface area is 167 Å². The molecule has 0 amide bonds. The fourth-order valence-corrected chi connectivity index (χ4v) is 3.58. The number of aliphatic hydroxyl groups excluding tert-OH is 3. The van der Waals surface area contributed by atoms with Crippen LogP contribution in [0.2, 0.25) is 0 Å². The molecule has 0 radical (unpaired) electrons. The molecule has 12 heteroatoms. The molecule has 5 atom stereocenters. The van der Waals surface area contributed by atoms with Crippen LogP contribution in [-0.2, 0) is 11.8 Å². The number of aliphatic hydroxyl groups is 3. The molecular weight excluding hydrogens is 407 g/mol. The Morgan fingerprint density at radius 1 is 1.13 bits per heavy atom. The van der Waals surface area contributed by atoms with Crippen LogP contribution in [0.15, 0.2) is 30.6 Å². The summed E-state index contributed by atoms with van der Waals surface area (Å²) in [7, 11) is 1.64. The summed E-state index contributed by atoms with van der Waals surface area (Å²) in [5.74, 6) is -4.38. The van der Waals surface area contributed by atoms with Crippen molar-refractivity contribution < 1.29 is 33.2 Å². The van der Waals surface area contributed by atoms with Gasteiger partial charge in [-0.1, -0.05) is 5.21 Å². The molecule has 2 aromatic heterocycles. The second-order valence-electron chi connectivity index (χ2n) is 6.97. The lowest BCUT2D eigenvalue weighted by molar-refractivity contribution is -0.209. The van der Waals surface area contributed by atoms with Crippen molar-refractivity contribution in [1.82, 2.24) is 24.8 Å². The van der Waals surface area contributed by atoms with E-state index in [0.717, 1.165) is 16.8 Å². The lowest BCUT2D eigenvalue weighted by Gasteiger charge is -2.42. The standard InChI is InChI=1S/C18H18F3N5O4/c1-25-12(2-3-22-25)18-17(29)15(16(28)13(7-27)30-18)26-6-11(23-24-26)8-4-9(19)14(21)10(20)5-8/h2-6,13,15-18,27-29H,7H2,1H3/t13-,15+,16+,17-,18+/m1/s1. The van der Waals surface area contributed by atoms with Gasteiger partial charge in [-0.25, -0.2) is 17.9 Å². The van der Waals surface area contributed by atoms with E-state index in [1.54, 1.807) is 13.1 Å². The van der Waals surface area contributed by atoms with Crippen molar-refractivity contribution in [3.63, 3.8) is 0 Å². The zero-order valence-electron chi connectivity index (χ0n) is 15.6. The number of halogens is 3. The molecule has 1 fully saturated rings. The lowest BCUT2D eigenvalue weighted by Crippen LogP contribution is -2.53. The van der Waals surface area contributed by atoms with E-state index in [2.05, 4.69) is 15.4 Å². The number of hydrogen-bond acceptors (Lipinski definition) is 7. The zero-order chi connectivity index (χ0) is 21.6. The van der Waals surface area contributed by atoms with E-state index < -0.39 is 54.5 Å². The second-order valence-corrected chi connectivity index (χ2v) is 6.97. The summed E-state index contributed by atoms with van der Waals surface area (Å²) in [6, 6.07) is 2.04. The molecule has 0 bridgehead atoms. The van der Waals surface area contributed by atoms with Gasteiger partial charge in [-0.05, 0) is 18.2 Å². The van der Waals surface area contributed by atoms with E-state index in [4.69, 9.17) is 4.74 Å². The van der Waals surface area contributed by atoms with Gasteiger partial charge in [0, 0.05) is 18.8 Å². The molecule has 1 aliphatic rings. The highest BCUT2D eigenvalue weighted by atomic mass is 19.2. The van der Waals surface area contributed by atoms with Gasteiger partial charge in [-0.2, -0.15) is 5.10 Å². The molecule has 9 nitrogen and oxygen atoms in total. The first-order valence-electron chi connectivity index (χ1n) is 8.99.